The molecular formula is C20H30F3IN4O. The van der Waals surface area contributed by atoms with Gasteiger partial charge in [-0.25, -0.2) is 4.99 Å². The van der Waals surface area contributed by atoms with Gasteiger partial charge in [0.15, 0.2) is 5.96 Å². The van der Waals surface area contributed by atoms with Crippen molar-refractivity contribution in [2.45, 2.75) is 58.3 Å². The van der Waals surface area contributed by atoms with Crippen molar-refractivity contribution in [2.75, 3.05) is 19.6 Å². The number of hydrogen-bond acceptors (Lipinski definition) is 2. The molecule has 1 unspecified atom stereocenters. The molecule has 164 valence electrons. The van der Waals surface area contributed by atoms with Gasteiger partial charge in [0.05, 0.1) is 12.1 Å². The molecule has 0 aliphatic carbocycles. The molecule has 2 rings (SSSR count). The molecule has 1 heterocycles. The van der Waals surface area contributed by atoms with Crippen LogP contribution in [0.2, 0.25) is 0 Å². The van der Waals surface area contributed by atoms with Gasteiger partial charge in [0.25, 0.3) is 0 Å². The highest BCUT2D eigenvalue weighted by molar-refractivity contribution is 14.0. The van der Waals surface area contributed by atoms with Crippen LogP contribution in [0.15, 0.2) is 29.3 Å². The Morgan fingerprint density at radius 1 is 1.28 bits per heavy atom. The lowest BCUT2D eigenvalue weighted by atomic mass is 10.0. The Labute approximate surface area is 187 Å². The molecular weight excluding hydrogens is 496 g/mol. The highest BCUT2D eigenvalue weighted by atomic mass is 127. The van der Waals surface area contributed by atoms with Gasteiger partial charge in [-0.05, 0) is 50.8 Å². The zero-order valence-electron chi connectivity index (χ0n) is 16.9. The SMILES string of the molecule is CCNC(=NCc1cccc(C(F)(F)F)c1)NCCC(=O)N1CCCCC1C.I. The van der Waals surface area contributed by atoms with E-state index in [9.17, 15) is 18.0 Å². The molecule has 1 amide bonds. The van der Waals surface area contributed by atoms with E-state index in [1.54, 1.807) is 6.07 Å². The number of guanidine groups is 1. The fourth-order valence-corrected chi connectivity index (χ4v) is 3.26. The van der Waals surface area contributed by atoms with Gasteiger partial charge in [0.1, 0.15) is 0 Å². The monoisotopic (exact) mass is 526 g/mol. The summed E-state index contributed by atoms with van der Waals surface area (Å²) in [5, 5.41) is 6.14. The summed E-state index contributed by atoms with van der Waals surface area (Å²) in [7, 11) is 0. The summed E-state index contributed by atoms with van der Waals surface area (Å²) in [4.78, 5) is 18.6. The Balaban J connectivity index is 0.00000420. The third kappa shape index (κ3) is 8.39. The topological polar surface area (TPSA) is 56.7 Å². The number of rotatable bonds is 6. The van der Waals surface area contributed by atoms with Crippen LogP contribution >= 0.6 is 24.0 Å². The number of aliphatic imine (C=N–C) groups is 1. The number of nitrogens with zero attached hydrogens (tertiary/aromatic N) is 2. The molecule has 0 saturated carbocycles. The van der Waals surface area contributed by atoms with Gasteiger partial charge in [-0.1, -0.05) is 12.1 Å². The van der Waals surface area contributed by atoms with Crippen LogP contribution in [0, 0.1) is 0 Å². The molecule has 5 nitrogen and oxygen atoms in total. The van der Waals surface area contributed by atoms with E-state index in [1.807, 2.05) is 11.8 Å². The van der Waals surface area contributed by atoms with Crippen molar-refractivity contribution in [3.8, 4) is 0 Å². The number of amides is 1. The normalized spacial score (nSPS) is 17.5. The quantitative estimate of drug-likeness (QED) is 0.333. The lowest BCUT2D eigenvalue weighted by Gasteiger charge is -2.33. The second-order valence-corrected chi connectivity index (χ2v) is 7.00. The summed E-state index contributed by atoms with van der Waals surface area (Å²) >= 11 is 0. The second kappa shape index (κ2) is 12.2. The Morgan fingerprint density at radius 2 is 2.03 bits per heavy atom. The standard InChI is InChI=1S/C20H29F3N4O.HI/c1-3-24-19(25-11-10-18(28)27-12-5-4-7-15(27)2)26-14-16-8-6-9-17(13-16)20(21,22)23;/h6,8-9,13,15H,3-5,7,10-12,14H2,1-2H3,(H2,24,25,26);1H. The number of alkyl halides is 3. The van der Waals surface area contributed by atoms with Crippen molar-refractivity contribution < 1.29 is 18.0 Å². The van der Waals surface area contributed by atoms with E-state index in [2.05, 4.69) is 22.5 Å². The smallest absolute Gasteiger partial charge is 0.357 e. The van der Waals surface area contributed by atoms with Crippen LogP contribution in [0.1, 0.15) is 50.7 Å². The van der Waals surface area contributed by atoms with Gasteiger partial charge in [0, 0.05) is 32.1 Å². The fourth-order valence-electron chi connectivity index (χ4n) is 3.26. The van der Waals surface area contributed by atoms with Crippen molar-refractivity contribution in [1.82, 2.24) is 15.5 Å². The number of halogens is 4. The molecule has 0 aromatic heterocycles. The van der Waals surface area contributed by atoms with Crippen LogP contribution < -0.4 is 10.6 Å². The number of nitrogens with one attached hydrogen (secondary N) is 2. The first-order valence-electron chi connectivity index (χ1n) is 9.79. The van der Waals surface area contributed by atoms with Crippen molar-refractivity contribution in [3.63, 3.8) is 0 Å². The van der Waals surface area contributed by atoms with E-state index < -0.39 is 11.7 Å². The fraction of sp³-hybridized carbons (Fsp3) is 0.600. The molecule has 1 aliphatic heterocycles. The van der Waals surface area contributed by atoms with Gasteiger partial charge in [-0.3, -0.25) is 4.79 Å². The summed E-state index contributed by atoms with van der Waals surface area (Å²) in [6.07, 6.45) is -0.756. The van der Waals surface area contributed by atoms with Gasteiger partial charge < -0.3 is 15.5 Å². The molecule has 29 heavy (non-hydrogen) atoms. The predicted octanol–water partition coefficient (Wildman–Crippen LogP) is 4.17. The maximum atomic E-state index is 12.8. The molecule has 0 radical (unpaired) electrons. The summed E-state index contributed by atoms with van der Waals surface area (Å²) in [5.41, 5.74) is -0.204. The minimum atomic E-state index is -4.37. The molecule has 1 aromatic rings. The van der Waals surface area contributed by atoms with Crippen molar-refractivity contribution in [3.05, 3.63) is 35.4 Å². The first-order valence-corrected chi connectivity index (χ1v) is 9.79. The van der Waals surface area contributed by atoms with Crippen molar-refractivity contribution >= 4 is 35.8 Å². The number of carbonyl (C=O) groups excluding carboxylic acids is 1. The third-order valence-corrected chi connectivity index (χ3v) is 4.77. The highest BCUT2D eigenvalue weighted by Gasteiger charge is 2.30. The van der Waals surface area contributed by atoms with Crippen molar-refractivity contribution in [2.24, 2.45) is 4.99 Å². The summed E-state index contributed by atoms with van der Waals surface area (Å²) < 4.78 is 38.4. The first kappa shape index (κ1) is 25.5. The molecule has 9 heteroatoms. The van der Waals surface area contributed by atoms with Crippen LogP contribution in [0.4, 0.5) is 13.2 Å². The van der Waals surface area contributed by atoms with E-state index >= 15 is 0 Å². The van der Waals surface area contributed by atoms with Crippen molar-refractivity contribution in [1.29, 1.82) is 0 Å². The number of benzene rings is 1. The molecule has 0 spiro atoms. The van der Waals surface area contributed by atoms with E-state index in [-0.39, 0.29) is 42.5 Å². The molecule has 1 saturated heterocycles. The highest BCUT2D eigenvalue weighted by Crippen LogP contribution is 2.29. The van der Waals surface area contributed by atoms with Crippen LogP contribution in [-0.2, 0) is 17.5 Å². The Bertz CT molecular complexity index is 682. The van der Waals surface area contributed by atoms with Crippen LogP contribution in [0.5, 0.6) is 0 Å². The van der Waals surface area contributed by atoms with Crippen LogP contribution in [0.3, 0.4) is 0 Å². The molecule has 1 aliphatic rings. The number of likely N-dealkylation sites (tertiary alicyclic amines) is 1. The summed E-state index contributed by atoms with van der Waals surface area (Å²) in [5.74, 6) is 0.604. The van der Waals surface area contributed by atoms with Gasteiger partial charge in [-0.15, -0.1) is 24.0 Å². The summed E-state index contributed by atoms with van der Waals surface area (Å²) in [6.45, 7) is 5.95. The Hall–Kier alpha value is -1.52. The Kier molecular flexibility index (Phi) is 10.8. The van der Waals surface area contributed by atoms with E-state index in [1.165, 1.54) is 6.07 Å². The largest absolute Gasteiger partial charge is 0.416 e. The number of piperidine rings is 1. The van der Waals surface area contributed by atoms with Gasteiger partial charge in [-0.2, -0.15) is 13.2 Å². The average molecular weight is 526 g/mol. The molecule has 1 atom stereocenters. The van der Waals surface area contributed by atoms with E-state index in [0.717, 1.165) is 37.9 Å². The lowest BCUT2D eigenvalue weighted by molar-refractivity contribution is -0.137. The van der Waals surface area contributed by atoms with E-state index in [4.69, 9.17) is 0 Å². The average Bonchev–Trinajstić information content (AvgIpc) is 2.66. The minimum absolute atomic E-state index is 0. The van der Waals surface area contributed by atoms with E-state index in [0.29, 0.717) is 31.0 Å². The Morgan fingerprint density at radius 3 is 2.69 bits per heavy atom. The summed E-state index contributed by atoms with van der Waals surface area (Å²) in [6, 6.07) is 5.43. The van der Waals surface area contributed by atoms with Crippen LogP contribution in [-0.4, -0.2) is 42.4 Å². The number of hydrogen-bond donors (Lipinski definition) is 2. The maximum absolute atomic E-state index is 12.8. The maximum Gasteiger partial charge on any atom is 0.416 e. The van der Waals surface area contributed by atoms with Gasteiger partial charge >= 0.3 is 6.18 Å². The molecule has 0 bridgehead atoms. The zero-order chi connectivity index (χ0) is 20.6. The molecule has 2 N–H and O–H groups in total. The minimum Gasteiger partial charge on any atom is -0.357 e. The van der Waals surface area contributed by atoms with Crippen LogP contribution in [0.25, 0.3) is 0 Å². The number of carbonyl (C=O) groups is 1. The molecule has 1 fully saturated rings. The zero-order valence-corrected chi connectivity index (χ0v) is 19.2. The molecule has 1 aromatic carbocycles. The van der Waals surface area contributed by atoms with Gasteiger partial charge in [0.2, 0.25) is 5.91 Å². The lowest BCUT2D eigenvalue weighted by Crippen LogP contribution is -2.44. The first-order chi connectivity index (χ1) is 13.3. The third-order valence-electron chi connectivity index (χ3n) is 4.77. The predicted molar refractivity (Wildman–Crippen MR) is 119 cm³/mol. The second-order valence-electron chi connectivity index (χ2n) is 7.00.